The lowest BCUT2D eigenvalue weighted by Gasteiger charge is -2.22. The van der Waals surface area contributed by atoms with Gasteiger partial charge in [0.25, 0.3) is 0 Å². The summed E-state index contributed by atoms with van der Waals surface area (Å²) in [5.74, 6) is 1.26. The van der Waals surface area contributed by atoms with E-state index < -0.39 is 4.75 Å². The van der Waals surface area contributed by atoms with E-state index in [2.05, 4.69) is 0 Å². The van der Waals surface area contributed by atoms with Crippen LogP contribution in [-0.4, -0.2) is 21.5 Å². The second-order valence-electron chi connectivity index (χ2n) is 5.56. The lowest BCUT2D eigenvalue weighted by molar-refractivity contribution is -0.145. The van der Waals surface area contributed by atoms with Gasteiger partial charge in [-0.15, -0.1) is 0 Å². The van der Waals surface area contributed by atoms with Crippen LogP contribution in [0.4, 0.5) is 0 Å². The molecule has 3 nitrogen and oxygen atoms in total. The van der Waals surface area contributed by atoms with Crippen LogP contribution in [0.3, 0.4) is 0 Å². The average Bonchev–Trinajstić information content (AvgIpc) is 2.56. The Morgan fingerprint density at radius 1 is 1.04 bits per heavy atom. The van der Waals surface area contributed by atoms with Gasteiger partial charge in [-0.1, -0.05) is 42.2 Å². The minimum Gasteiger partial charge on any atom is -0.465 e. The van der Waals surface area contributed by atoms with Crippen LogP contribution < -0.4 is 4.74 Å². The monoisotopic (exact) mass is 360 g/mol. The van der Waals surface area contributed by atoms with E-state index in [0.717, 1.165) is 17.1 Å². The van der Waals surface area contributed by atoms with E-state index in [0.29, 0.717) is 10.8 Å². The summed E-state index contributed by atoms with van der Waals surface area (Å²) in [4.78, 5) is 12.0. The highest BCUT2D eigenvalue weighted by atomic mass is 32.2. The maximum Gasteiger partial charge on any atom is 0.322 e. The quantitative estimate of drug-likeness (QED) is 0.521. The third kappa shape index (κ3) is 5.08. The standard InChI is InChI=1S/C19H20O3S2/c1-4-21-18(20)19(2,3)24-17(23)14-10-12-16(13-11-14)22-15-8-6-5-7-9-15/h5-13H,4H2,1-3H3. The number of esters is 1. The summed E-state index contributed by atoms with van der Waals surface area (Å²) in [7, 11) is 0. The molecule has 0 bridgehead atoms. The minimum atomic E-state index is -0.716. The largest absolute Gasteiger partial charge is 0.465 e. The molecule has 0 amide bonds. The predicted octanol–water partition coefficient (Wildman–Crippen LogP) is 5.23. The van der Waals surface area contributed by atoms with Crippen molar-refractivity contribution in [3.63, 3.8) is 0 Å². The number of carbonyl (C=O) groups excluding carboxylic acids is 1. The summed E-state index contributed by atoms with van der Waals surface area (Å²) in [5.41, 5.74) is 0.882. The van der Waals surface area contributed by atoms with Crippen molar-refractivity contribution in [2.75, 3.05) is 6.61 Å². The maximum absolute atomic E-state index is 12.0. The van der Waals surface area contributed by atoms with Crippen LogP contribution in [0.15, 0.2) is 54.6 Å². The van der Waals surface area contributed by atoms with E-state index in [1.165, 1.54) is 11.8 Å². The molecule has 2 rings (SSSR count). The number of carbonyl (C=O) groups is 1. The fraction of sp³-hybridized carbons (Fsp3) is 0.263. The lowest BCUT2D eigenvalue weighted by atomic mass is 10.2. The van der Waals surface area contributed by atoms with Gasteiger partial charge in [-0.3, -0.25) is 4.79 Å². The van der Waals surface area contributed by atoms with Gasteiger partial charge in [-0.2, -0.15) is 0 Å². The molecule has 0 aliphatic rings. The third-order valence-electron chi connectivity index (χ3n) is 3.18. The molecule has 126 valence electrons. The number of hydrogen-bond donors (Lipinski definition) is 0. The number of thiocarbonyl (C=S) groups is 1. The third-order valence-corrected chi connectivity index (χ3v) is 4.77. The Balaban J connectivity index is 2.02. The molecule has 2 aromatic rings. The van der Waals surface area contributed by atoms with E-state index in [1.807, 2.05) is 68.4 Å². The van der Waals surface area contributed by atoms with Gasteiger partial charge in [0.2, 0.25) is 0 Å². The van der Waals surface area contributed by atoms with Gasteiger partial charge < -0.3 is 9.47 Å². The lowest BCUT2D eigenvalue weighted by Crippen LogP contribution is -2.31. The van der Waals surface area contributed by atoms with Crippen LogP contribution in [0.5, 0.6) is 11.5 Å². The van der Waals surface area contributed by atoms with Crippen molar-refractivity contribution in [1.82, 2.24) is 0 Å². The highest BCUT2D eigenvalue weighted by molar-refractivity contribution is 8.24. The summed E-state index contributed by atoms with van der Waals surface area (Å²) in [5, 5.41) is 0. The van der Waals surface area contributed by atoms with Gasteiger partial charge in [0, 0.05) is 0 Å². The zero-order chi connectivity index (χ0) is 17.6. The topological polar surface area (TPSA) is 35.5 Å². The zero-order valence-electron chi connectivity index (χ0n) is 13.9. The molecule has 0 unspecified atom stereocenters. The maximum atomic E-state index is 12.0. The molecule has 0 aliphatic carbocycles. The number of benzene rings is 2. The molecule has 24 heavy (non-hydrogen) atoms. The first-order valence-electron chi connectivity index (χ1n) is 7.66. The van der Waals surface area contributed by atoms with E-state index in [4.69, 9.17) is 21.7 Å². The molecule has 0 N–H and O–H groups in total. The fourth-order valence-corrected chi connectivity index (χ4v) is 3.54. The Morgan fingerprint density at radius 3 is 2.21 bits per heavy atom. The van der Waals surface area contributed by atoms with Crippen LogP contribution in [0.25, 0.3) is 0 Å². The molecule has 0 radical (unpaired) electrons. The molecular weight excluding hydrogens is 340 g/mol. The van der Waals surface area contributed by atoms with Crippen LogP contribution in [0.1, 0.15) is 26.3 Å². The van der Waals surface area contributed by atoms with E-state index >= 15 is 0 Å². The number of rotatable bonds is 6. The summed E-state index contributed by atoms with van der Waals surface area (Å²) in [6.07, 6.45) is 0. The van der Waals surface area contributed by atoms with E-state index in [-0.39, 0.29) is 5.97 Å². The summed E-state index contributed by atoms with van der Waals surface area (Å²) in [6.45, 7) is 5.78. The van der Waals surface area contributed by atoms with Crippen LogP contribution >= 0.6 is 24.0 Å². The van der Waals surface area contributed by atoms with Gasteiger partial charge in [-0.25, -0.2) is 0 Å². The fourth-order valence-electron chi connectivity index (χ4n) is 1.92. The van der Waals surface area contributed by atoms with Crippen molar-refractivity contribution in [1.29, 1.82) is 0 Å². The highest BCUT2D eigenvalue weighted by Crippen LogP contribution is 2.31. The van der Waals surface area contributed by atoms with Gasteiger partial charge in [-0.05, 0) is 62.7 Å². The minimum absolute atomic E-state index is 0.263. The van der Waals surface area contributed by atoms with Gasteiger partial charge in [0.05, 0.1) is 10.8 Å². The number of ether oxygens (including phenoxy) is 2. The highest BCUT2D eigenvalue weighted by Gasteiger charge is 2.31. The van der Waals surface area contributed by atoms with Crippen molar-refractivity contribution in [2.45, 2.75) is 25.5 Å². The molecule has 2 aromatic carbocycles. The van der Waals surface area contributed by atoms with Crippen molar-refractivity contribution in [3.8, 4) is 11.5 Å². The second-order valence-corrected chi connectivity index (χ2v) is 7.86. The van der Waals surface area contributed by atoms with Crippen molar-refractivity contribution in [3.05, 3.63) is 60.2 Å². The van der Waals surface area contributed by atoms with Crippen molar-refractivity contribution in [2.24, 2.45) is 0 Å². The average molecular weight is 361 g/mol. The summed E-state index contributed by atoms with van der Waals surface area (Å²) in [6, 6.07) is 17.1. The zero-order valence-corrected chi connectivity index (χ0v) is 15.6. The first-order chi connectivity index (χ1) is 11.4. The van der Waals surface area contributed by atoms with E-state index in [9.17, 15) is 4.79 Å². The number of para-hydroxylation sites is 1. The molecule has 5 heteroatoms. The molecule has 0 atom stereocenters. The molecule has 0 saturated carbocycles. The Labute approximate surface area is 152 Å². The van der Waals surface area contributed by atoms with Crippen molar-refractivity contribution >= 4 is 34.1 Å². The molecule has 0 aliphatic heterocycles. The molecular formula is C19H20O3S2. The normalized spacial score (nSPS) is 11.0. The van der Waals surface area contributed by atoms with Crippen LogP contribution in [-0.2, 0) is 9.53 Å². The van der Waals surface area contributed by atoms with Gasteiger partial charge in [0.1, 0.15) is 16.2 Å². The van der Waals surface area contributed by atoms with Crippen molar-refractivity contribution < 1.29 is 14.3 Å². The smallest absolute Gasteiger partial charge is 0.322 e. The molecule has 0 saturated heterocycles. The van der Waals surface area contributed by atoms with Crippen LogP contribution in [0, 0.1) is 0 Å². The molecule has 0 heterocycles. The Kier molecular flexibility index (Phi) is 6.40. The first kappa shape index (κ1) is 18.5. The number of hydrogen-bond acceptors (Lipinski definition) is 5. The Hall–Kier alpha value is -1.85. The SMILES string of the molecule is CCOC(=O)C(C)(C)SC(=S)c1ccc(Oc2ccccc2)cc1. The Bertz CT molecular complexity index is 694. The van der Waals surface area contributed by atoms with Gasteiger partial charge in [0.15, 0.2) is 0 Å². The summed E-state index contributed by atoms with van der Waals surface area (Å²) < 4.78 is 10.8. The van der Waals surface area contributed by atoms with Gasteiger partial charge >= 0.3 is 5.97 Å². The molecule has 0 aromatic heterocycles. The number of thioether (sulfide) groups is 1. The molecule has 0 fully saturated rings. The second kappa shape index (κ2) is 8.31. The summed E-state index contributed by atoms with van der Waals surface area (Å²) >= 11 is 6.79. The predicted molar refractivity (Wildman–Crippen MR) is 103 cm³/mol. The molecule has 0 spiro atoms. The van der Waals surface area contributed by atoms with E-state index in [1.54, 1.807) is 6.92 Å². The Morgan fingerprint density at radius 2 is 1.62 bits per heavy atom. The van der Waals surface area contributed by atoms with Crippen LogP contribution in [0.2, 0.25) is 0 Å². The first-order valence-corrected chi connectivity index (χ1v) is 8.88.